The molecule has 1 rings (SSSR count). The Morgan fingerprint density at radius 1 is 1.33 bits per heavy atom. The minimum absolute atomic E-state index is 0.0701. The molecule has 0 spiro atoms. The van der Waals surface area contributed by atoms with Crippen LogP contribution in [0.3, 0.4) is 0 Å². The number of benzene rings is 1. The van der Waals surface area contributed by atoms with Gasteiger partial charge < -0.3 is 10.6 Å². The first-order chi connectivity index (χ1) is 8.45. The normalized spacial score (nSPS) is 10.2. The number of aryl methyl sites for hydroxylation is 2. The second-order valence-corrected chi connectivity index (χ2v) is 4.11. The van der Waals surface area contributed by atoms with E-state index in [4.69, 9.17) is 0 Å². The second-order valence-electron chi connectivity index (χ2n) is 4.11. The molecule has 0 unspecified atom stereocenters. The van der Waals surface area contributed by atoms with E-state index in [-0.39, 0.29) is 11.6 Å². The average molecular weight is 251 g/mol. The van der Waals surface area contributed by atoms with Crippen molar-refractivity contribution < 1.29 is 9.72 Å². The van der Waals surface area contributed by atoms with E-state index in [1.165, 1.54) is 6.07 Å². The maximum Gasteiger partial charge on any atom is 0.272 e. The summed E-state index contributed by atoms with van der Waals surface area (Å²) >= 11 is 0. The quantitative estimate of drug-likeness (QED) is 0.617. The molecule has 0 aliphatic carbocycles. The van der Waals surface area contributed by atoms with Gasteiger partial charge in [0.15, 0.2) is 0 Å². The maximum absolute atomic E-state index is 11.6. The highest BCUT2D eigenvalue weighted by atomic mass is 16.6. The molecule has 0 radical (unpaired) electrons. The smallest absolute Gasteiger partial charge is 0.272 e. The van der Waals surface area contributed by atoms with Crippen LogP contribution in [-0.4, -0.2) is 24.4 Å². The molecule has 6 nitrogen and oxygen atoms in total. The molecule has 18 heavy (non-hydrogen) atoms. The minimum atomic E-state index is -0.422. The van der Waals surface area contributed by atoms with Crippen molar-refractivity contribution in [2.75, 3.05) is 18.9 Å². The third-order valence-corrected chi connectivity index (χ3v) is 2.62. The molecule has 6 heteroatoms. The first kappa shape index (κ1) is 14.1. The van der Waals surface area contributed by atoms with Crippen molar-refractivity contribution in [3.8, 4) is 0 Å². The SMILES string of the molecule is CNCCC(=O)Nc1cc(C)c([N+](=O)[O-])cc1C. The Morgan fingerprint density at radius 2 is 2.00 bits per heavy atom. The molecule has 0 bridgehead atoms. The number of carbonyl (C=O) groups is 1. The van der Waals surface area contributed by atoms with Crippen LogP contribution in [0.2, 0.25) is 0 Å². The lowest BCUT2D eigenvalue weighted by Gasteiger charge is -2.09. The molecule has 98 valence electrons. The standard InChI is InChI=1S/C12H17N3O3/c1-8-7-11(15(17)18)9(2)6-10(8)14-12(16)4-5-13-3/h6-7,13H,4-5H2,1-3H3,(H,14,16). The van der Waals surface area contributed by atoms with Gasteiger partial charge in [0.1, 0.15) is 0 Å². The van der Waals surface area contributed by atoms with Crippen LogP contribution in [0.4, 0.5) is 11.4 Å². The largest absolute Gasteiger partial charge is 0.326 e. The van der Waals surface area contributed by atoms with Crippen LogP contribution in [-0.2, 0) is 4.79 Å². The van der Waals surface area contributed by atoms with E-state index in [1.807, 2.05) is 0 Å². The number of rotatable bonds is 5. The highest BCUT2D eigenvalue weighted by molar-refractivity contribution is 5.92. The Kier molecular flexibility index (Phi) is 4.79. The summed E-state index contributed by atoms with van der Waals surface area (Å²) in [7, 11) is 1.77. The van der Waals surface area contributed by atoms with E-state index in [0.717, 1.165) is 0 Å². The van der Waals surface area contributed by atoms with Gasteiger partial charge in [-0.2, -0.15) is 0 Å². The first-order valence-corrected chi connectivity index (χ1v) is 5.65. The van der Waals surface area contributed by atoms with E-state index in [0.29, 0.717) is 29.8 Å². The molecule has 1 aromatic rings. The van der Waals surface area contributed by atoms with Gasteiger partial charge in [-0.3, -0.25) is 14.9 Å². The molecular weight excluding hydrogens is 234 g/mol. The van der Waals surface area contributed by atoms with Crippen molar-refractivity contribution in [1.29, 1.82) is 0 Å². The summed E-state index contributed by atoms with van der Waals surface area (Å²) in [5.74, 6) is -0.110. The summed E-state index contributed by atoms with van der Waals surface area (Å²) in [5, 5.41) is 16.4. The molecule has 0 atom stereocenters. The van der Waals surface area contributed by atoms with Gasteiger partial charge in [-0.25, -0.2) is 0 Å². The van der Waals surface area contributed by atoms with Crippen LogP contribution >= 0.6 is 0 Å². The molecule has 1 aromatic carbocycles. The van der Waals surface area contributed by atoms with Crippen LogP contribution in [0, 0.1) is 24.0 Å². The number of anilines is 1. The lowest BCUT2D eigenvalue weighted by molar-refractivity contribution is -0.385. The van der Waals surface area contributed by atoms with Crippen LogP contribution in [0.1, 0.15) is 17.5 Å². The summed E-state index contributed by atoms with van der Waals surface area (Å²) in [6.07, 6.45) is 0.367. The lowest BCUT2D eigenvalue weighted by atomic mass is 10.1. The van der Waals surface area contributed by atoms with Gasteiger partial charge in [0.2, 0.25) is 5.91 Å². The molecular formula is C12H17N3O3. The Labute approximate surface area is 106 Å². The predicted molar refractivity (Wildman–Crippen MR) is 69.7 cm³/mol. The van der Waals surface area contributed by atoms with Crippen molar-refractivity contribution in [2.24, 2.45) is 0 Å². The second kappa shape index (κ2) is 6.11. The number of hydrogen-bond donors (Lipinski definition) is 2. The monoisotopic (exact) mass is 251 g/mol. The van der Waals surface area contributed by atoms with Crippen LogP contribution < -0.4 is 10.6 Å². The van der Waals surface area contributed by atoms with Crippen molar-refractivity contribution in [3.05, 3.63) is 33.4 Å². The molecule has 0 saturated carbocycles. The molecule has 2 N–H and O–H groups in total. The topological polar surface area (TPSA) is 84.3 Å². The van der Waals surface area contributed by atoms with E-state index < -0.39 is 4.92 Å². The third kappa shape index (κ3) is 3.53. The van der Waals surface area contributed by atoms with Gasteiger partial charge in [0.05, 0.1) is 4.92 Å². The molecule has 0 aliphatic rings. The molecule has 0 fully saturated rings. The maximum atomic E-state index is 11.6. The van der Waals surface area contributed by atoms with Crippen LogP contribution in [0.25, 0.3) is 0 Å². The Morgan fingerprint density at radius 3 is 2.56 bits per heavy atom. The number of amides is 1. The summed E-state index contributed by atoms with van der Waals surface area (Å²) in [6.45, 7) is 3.98. The Balaban J connectivity index is 2.88. The predicted octanol–water partition coefficient (Wildman–Crippen LogP) is 1.76. The zero-order chi connectivity index (χ0) is 13.7. The first-order valence-electron chi connectivity index (χ1n) is 5.65. The summed E-state index contributed by atoms with van der Waals surface area (Å²) in [6, 6.07) is 3.10. The summed E-state index contributed by atoms with van der Waals surface area (Å²) in [5.41, 5.74) is 1.92. The minimum Gasteiger partial charge on any atom is -0.326 e. The number of nitro groups is 1. The van der Waals surface area contributed by atoms with Crippen molar-refractivity contribution >= 4 is 17.3 Å². The van der Waals surface area contributed by atoms with E-state index in [1.54, 1.807) is 27.0 Å². The van der Waals surface area contributed by atoms with Gasteiger partial charge in [-0.1, -0.05) is 0 Å². The fourth-order valence-electron chi connectivity index (χ4n) is 1.58. The highest BCUT2D eigenvalue weighted by Gasteiger charge is 2.14. The average Bonchev–Trinajstić information content (AvgIpc) is 2.30. The molecule has 0 aromatic heterocycles. The fraction of sp³-hybridized carbons (Fsp3) is 0.417. The lowest BCUT2D eigenvalue weighted by Crippen LogP contribution is -2.19. The fourth-order valence-corrected chi connectivity index (χ4v) is 1.58. The van der Waals surface area contributed by atoms with Gasteiger partial charge in [0, 0.05) is 30.3 Å². The van der Waals surface area contributed by atoms with E-state index in [2.05, 4.69) is 10.6 Å². The zero-order valence-electron chi connectivity index (χ0n) is 10.7. The van der Waals surface area contributed by atoms with Gasteiger partial charge >= 0.3 is 0 Å². The molecule has 0 aliphatic heterocycles. The van der Waals surface area contributed by atoms with Gasteiger partial charge in [-0.05, 0) is 32.5 Å². The summed E-state index contributed by atoms with van der Waals surface area (Å²) in [4.78, 5) is 21.9. The number of nitrogens with one attached hydrogen (secondary N) is 2. The van der Waals surface area contributed by atoms with Crippen molar-refractivity contribution in [1.82, 2.24) is 5.32 Å². The third-order valence-electron chi connectivity index (χ3n) is 2.62. The van der Waals surface area contributed by atoms with Crippen LogP contribution in [0.15, 0.2) is 12.1 Å². The molecule has 0 saturated heterocycles. The van der Waals surface area contributed by atoms with Crippen LogP contribution in [0.5, 0.6) is 0 Å². The zero-order valence-corrected chi connectivity index (χ0v) is 10.7. The van der Waals surface area contributed by atoms with E-state index >= 15 is 0 Å². The number of nitro benzene ring substituents is 1. The number of nitrogens with zero attached hydrogens (tertiary/aromatic N) is 1. The molecule has 1 amide bonds. The van der Waals surface area contributed by atoms with E-state index in [9.17, 15) is 14.9 Å². The number of hydrogen-bond acceptors (Lipinski definition) is 4. The Bertz CT molecular complexity index is 472. The molecule has 0 heterocycles. The Hall–Kier alpha value is -1.95. The van der Waals surface area contributed by atoms with Crippen molar-refractivity contribution in [2.45, 2.75) is 20.3 Å². The van der Waals surface area contributed by atoms with Gasteiger partial charge in [0.25, 0.3) is 5.69 Å². The van der Waals surface area contributed by atoms with Gasteiger partial charge in [-0.15, -0.1) is 0 Å². The number of carbonyl (C=O) groups excluding carboxylic acids is 1. The highest BCUT2D eigenvalue weighted by Crippen LogP contribution is 2.25. The van der Waals surface area contributed by atoms with Crippen molar-refractivity contribution in [3.63, 3.8) is 0 Å². The summed E-state index contributed by atoms with van der Waals surface area (Å²) < 4.78 is 0.